The predicted octanol–water partition coefficient (Wildman–Crippen LogP) is 4.51. The van der Waals surface area contributed by atoms with Gasteiger partial charge in [0, 0.05) is 30.6 Å². The van der Waals surface area contributed by atoms with Crippen molar-refractivity contribution < 1.29 is 9.21 Å². The Labute approximate surface area is 182 Å². The summed E-state index contributed by atoms with van der Waals surface area (Å²) in [5.74, 6) is 1.07. The van der Waals surface area contributed by atoms with Gasteiger partial charge in [0.15, 0.2) is 5.76 Å². The highest BCUT2D eigenvalue weighted by molar-refractivity contribution is 6.34. The number of rotatable bonds is 2. The zero-order chi connectivity index (χ0) is 21.0. The first-order valence-corrected chi connectivity index (χ1v) is 11.2. The van der Waals surface area contributed by atoms with Crippen molar-refractivity contribution in [2.75, 3.05) is 32.5 Å². The van der Waals surface area contributed by atoms with Crippen molar-refractivity contribution in [1.82, 2.24) is 15.1 Å². The number of fused-ring (bicyclic) bond motifs is 4. The number of hydrogen-bond donors (Lipinski definition) is 2. The topological polar surface area (TPSA) is 60.8 Å². The fraction of sp³-hybridized carbons (Fsp3) is 0.522. The lowest BCUT2D eigenvalue weighted by atomic mass is 9.74. The molecule has 1 saturated carbocycles. The molecule has 2 fully saturated rings. The van der Waals surface area contributed by atoms with Crippen molar-refractivity contribution in [3.63, 3.8) is 0 Å². The molecule has 30 heavy (non-hydrogen) atoms. The smallest absolute Gasteiger partial charge is 0.289 e. The summed E-state index contributed by atoms with van der Waals surface area (Å²) < 4.78 is 6.28. The van der Waals surface area contributed by atoms with E-state index in [1.807, 2.05) is 24.1 Å². The molecule has 1 amide bonds. The first-order valence-electron chi connectivity index (χ1n) is 10.8. The molecule has 0 bridgehead atoms. The Morgan fingerprint density at radius 3 is 2.80 bits per heavy atom. The van der Waals surface area contributed by atoms with E-state index in [0.29, 0.717) is 10.8 Å². The molecule has 1 saturated heterocycles. The lowest BCUT2D eigenvalue weighted by Gasteiger charge is -2.44. The Kier molecular flexibility index (Phi) is 4.75. The van der Waals surface area contributed by atoms with Crippen molar-refractivity contribution in [3.8, 4) is 0 Å². The van der Waals surface area contributed by atoms with Crippen LogP contribution in [-0.4, -0.2) is 48.9 Å². The summed E-state index contributed by atoms with van der Waals surface area (Å²) in [6.45, 7) is 6.02. The Hall–Kier alpha value is -2.18. The van der Waals surface area contributed by atoms with Crippen LogP contribution in [0.1, 0.15) is 54.6 Å². The molecule has 1 spiro atoms. The molecule has 7 heteroatoms. The number of amides is 1. The normalized spacial score (nSPS) is 23.3. The van der Waals surface area contributed by atoms with E-state index in [1.165, 1.54) is 6.42 Å². The number of halogens is 1. The molecule has 2 N–H and O–H groups in total. The van der Waals surface area contributed by atoms with Crippen LogP contribution in [-0.2, 0) is 5.54 Å². The quantitative estimate of drug-likeness (QED) is 0.737. The minimum Gasteiger partial charge on any atom is -0.450 e. The van der Waals surface area contributed by atoms with E-state index >= 15 is 0 Å². The highest BCUT2D eigenvalue weighted by Crippen LogP contribution is 2.49. The van der Waals surface area contributed by atoms with Gasteiger partial charge in [-0.2, -0.15) is 0 Å². The number of benzene rings is 1. The van der Waals surface area contributed by atoms with Crippen molar-refractivity contribution >= 4 is 34.2 Å². The van der Waals surface area contributed by atoms with Gasteiger partial charge in [-0.15, -0.1) is 0 Å². The Balaban J connectivity index is 1.59. The summed E-state index contributed by atoms with van der Waals surface area (Å²) in [5, 5.41) is 8.41. The van der Waals surface area contributed by atoms with E-state index in [2.05, 4.69) is 29.2 Å². The lowest BCUT2D eigenvalue weighted by Crippen LogP contribution is -2.48. The van der Waals surface area contributed by atoms with Gasteiger partial charge in [0.2, 0.25) is 0 Å². The molecule has 2 aliphatic heterocycles. The molecule has 0 radical (unpaired) electrons. The first-order chi connectivity index (χ1) is 14.4. The van der Waals surface area contributed by atoms with Crippen LogP contribution in [0.4, 0.5) is 5.69 Å². The molecule has 3 heterocycles. The van der Waals surface area contributed by atoms with E-state index in [4.69, 9.17) is 16.0 Å². The van der Waals surface area contributed by atoms with E-state index in [0.717, 1.165) is 73.2 Å². The summed E-state index contributed by atoms with van der Waals surface area (Å²) in [6.07, 6.45) is 6.48. The maximum atomic E-state index is 13.2. The van der Waals surface area contributed by atoms with Crippen LogP contribution in [0.2, 0.25) is 5.02 Å². The number of hydrogen-bond acceptors (Lipinski definition) is 5. The van der Waals surface area contributed by atoms with Crippen molar-refractivity contribution in [2.45, 2.75) is 50.1 Å². The second-order valence-corrected chi connectivity index (χ2v) is 9.54. The van der Waals surface area contributed by atoms with Gasteiger partial charge in [0.1, 0.15) is 5.58 Å². The fourth-order valence-electron chi connectivity index (χ4n) is 5.46. The number of furan rings is 1. The lowest BCUT2D eigenvalue weighted by molar-refractivity contribution is 0.0707. The molecular formula is C23H29ClN4O2. The van der Waals surface area contributed by atoms with Gasteiger partial charge in [0.05, 0.1) is 22.1 Å². The van der Waals surface area contributed by atoms with Gasteiger partial charge in [-0.1, -0.05) is 37.4 Å². The SMILES string of the molecule is C=C1Nc2c(Cl)cc3cc(C(=O)N(C)C4CCN(C)C4)oc3c2C2(CCCCC2)N1. The molecule has 3 aliphatic rings. The molecule has 2 aromatic rings. The van der Waals surface area contributed by atoms with Crippen LogP contribution in [0, 0.1) is 0 Å². The molecule has 1 aromatic heterocycles. The number of likely N-dealkylation sites (N-methyl/N-ethyl adjacent to an activating group) is 2. The van der Waals surface area contributed by atoms with Crippen LogP contribution in [0.5, 0.6) is 0 Å². The zero-order valence-electron chi connectivity index (χ0n) is 17.7. The average Bonchev–Trinajstić information content (AvgIpc) is 3.33. The Bertz CT molecular complexity index is 1020. The minimum absolute atomic E-state index is 0.0739. The third kappa shape index (κ3) is 3.08. The standard InChI is InChI=1S/C23H29ClN4O2/c1-14-25-20-17(24)11-15-12-18(22(29)28(3)16-7-10-27(2)13-16)30-21(15)19(20)23(26-14)8-5-4-6-9-23/h11-12,16,25-26H,1,4-10,13H2,2-3H3. The van der Waals surface area contributed by atoms with Gasteiger partial charge >= 0.3 is 0 Å². The Morgan fingerprint density at radius 1 is 1.33 bits per heavy atom. The van der Waals surface area contributed by atoms with Gasteiger partial charge in [-0.25, -0.2) is 0 Å². The highest BCUT2D eigenvalue weighted by Gasteiger charge is 2.42. The molecule has 1 unspecified atom stereocenters. The summed E-state index contributed by atoms with van der Waals surface area (Å²) in [7, 11) is 3.96. The first kappa shape index (κ1) is 19.8. The van der Waals surface area contributed by atoms with E-state index < -0.39 is 0 Å². The number of carbonyl (C=O) groups excluding carboxylic acids is 1. The van der Waals surface area contributed by atoms with E-state index in [1.54, 1.807) is 0 Å². The second-order valence-electron chi connectivity index (χ2n) is 9.13. The van der Waals surface area contributed by atoms with Crippen LogP contribution in [0.3, 0.4) is 0 Å². The van der Waals surface area contributed by atoms with E-state index in [9.17, 15) is 4.79 Å². The third-order valence-electron chi connectivity index (χ3n) is 7.06. The van der Waals surface area contributed by atoms with Crippen LogP contribution in [0.15, 0.2) is 28.9 Å². The number of carbonyl (C=O) groups is 1. The van der Waals surface area contributed by atoms with Crippen LogP contribution in [0.25, 0.3) is 11.0 Å². The maximum absolute atomic E-state index is 13.2. The molecule has 1 aromatic carbocycles. The summed E-state index contributed by atoms with van der Waals surface area (Å²) >= 11 is 6.69. The molecular weight excluding hydrogens is 400 g/mol. The average molecular weight is 429 g/mol. The van der Waals surface area contributed by atoms with Gasteiger partial charge in [-0.3, -0.25) is 4.79 Å². The fourth-order valence-corrected chi connectivity index (χ4v) is 5.72. The number of nitrogens with one attached hydrogen (secondary N) is 2. The number of nitrogens with zero attached hydrogens (tertiary/aromatic N) is 2. The molecule has 1 atom stereocenters. The van der Waals surface area contributed by atoms with Gasteiger partial charge in [0.25, 0.3) is 5.91 Å². The van der Waals surface area contributed by atoms with Gasteiger partial charge in [-0.05, 0) is 45.0 Å². The summed E-state index contributed by atoms with van der Waals surface area (Å²) in [6, 6.07) is 3.95. The largest absolute Gasteiger partial charge is 0.450 e. The third-order valence-corrected chi connectivity index (χ3v) is 7.35. The molecule has 5 rings (SSSR count). The molecule has 6 nitrogen and oxygen atoms in total. The van der Waals surface area contributed by atoms with Gasteiger partial charge < -0.3 is 24.9 Å². The Morgan fingerprint density at radius 2 is 2.10 bits per heavy atom. The minimum atomic E-state index is -0.253. The van der Waals surface area contributed by atoms with Crippen molar-refractivity contribution in [2.24, 2.45) is 0 Å². The monoisotopic (exact) mass is 428 g/mol. The molecule has 1 aliphatic carbocycles. The number of anilines is 1. The second kappa shape index (κ2) is 7.20. The highest BCUT2D eigenvalue weighted by atomic mass is 35.5. The summed E-state index contributed by atoms with van der Waals surface area (Å²) in [4.78, 5) is 17.3. The molecule has 160 valence electrons. The summed E-state index contributed by atoms with van der Waals surface area (Å²) in [5.41, 5.74) is 2.40. The van der Waals surface area contributed by atoms with Crippen molar-refractivity contribution in [3.05, 3.63) is 40.9 Å². The maximum Gasteiger partial charge on any atom is 0.289 e. The van der Waals surface area contributed by atoms with Crippen LogP contribution < -0.4 is 10.6 Å². The van der Waals surface area contributed by atoms with E-state index in [-0.39, 0.29) is 17.5 Å². The zero-order valence-corrected chi connectivity index (χ0v) is 18.4. The van der Waals surface area contributed by atoms with Crippen molar-refractivity contribution in [1.29, 1.82) is 0 Å². The number of likely N-dealkylation sites (tertiary alicyclic amines) is 1. The van der Waals surface area contributed by atoms with Crippen LogP contribution >= 0.6 is 11.6 Å². The predicted molar refractivity (Wildman–Crippen MR) is 120 cm³/mol.